The van der Waals surface area contributed by atoms with E-state index in [-0.39, 0.29) is 12.5 Å². The Balaban J connectivity index is 4.10. The van der Waals surface area contributed by atoms with Crippen LogP contribution in [-0.4, -0.2) is 66.7 Å². The Morgan fingerprint density at radius 1 is 1.17 bits per heavy atom. The normalized spacial score (nSPS) is 11.4. The summed E-state index contributed by atoms with van der Waals surface area (Å²) in [6.45, 7) is 4.96. The maximum absolute atomic E-state index is 11.8. The summed E-state index contributed by atoms with van der Waals surface area (Å²) in [6, 6.07) is -0.236. The lowest BCUT2D eigenvalue weighted by atomic mass is 10.0. The summed E-state index contributed by atoms with van der Waals surface area (Å²) in [5, 5.41) is 11.5. The second-order valence-corrected chi connectivity index (χ2v) is 5.46. The molecule has 0 fully saturated rings. The fourth-order valence-electron chi connectivity index (χ4n) is 1.53. The standard InChI is InChI=1S/C12H25N3O3/c1-12(2,9-10(16)17)13-11(18)15(5)8-6-7-14(3)4/h6-9H2,1-5H3,(H,13,18)(H,16,17). The van der Waals surface area contributed by atoms with Crippen molar-refractivity contribution < 1.29 is 14.7 Å². The summed E-state index contributed by atoms with van der Waals surface area (Å²) in [5.74, 6) is -0.921. The molecule has 106 valence electrons. The van der Waals surface area contributed by atoms with Crippen LogP contribution in [0.2, 0.25) is 0 Å². The van der Waals surface area contributed by atoms with Crippen molar-refractivity contribution in [1.29, 1.82) is 0 Å². The van der Waals surface area contributed by atoms with Gasteiger partial charge in [-0.3, -0.25) is 4.79 Å². The van der Waals surface area contributed by atoms with Gasteiger partial charge in [-0.25, -0.2) is 4.79 Å². The monoisotopic (exact) mass is 259 g/mol. The number of urea groups is 1. The van der Waals surface area contributed by atoms with Crippen molar-refractivity contribution in [3.63, 3.8) is 0 Å². The molecule has 2 amide bonds. The molecule has 0 bridgehead atoms. The van der Waals surface area contributed by atoms with E-state index in [1.54, 1.807) is 25.8 Å². The highest BCUT2D eigenvalue weighted by Gasteiger charge is 2.25. The minimum Gasteiger partial charge on any atom is -0.481 e. The summed E-state index contributed by atoms with van der Waals surface area (Å²) < 4.78 is 0. The molecule has 0 aromatic heterocycles. The van der Waals surface area contributed by atoms with Gasteiger partial charge in [0.15, 0.2) is 0 Å². The smallest absolute Gasteiger partial charge is 0.317 e. The molecule has 0 rings (SSSR count). The van der Waals surface area contributed by atoms with Gasteiger partial charge in [-0.2, -0.15) is 0 Å². The number of carboxylic acid groups (broad SMARTS) is 1. The lowest BCUT2D eigenvalue weighted by Crippen LogP contribution is -2.50. The number of aliphatic carboxylic acids is 1. The average Bonchev–Trinajstić information content (AvgIpc) is 2.13. The molecule has 18 heavy (non-hydrogen) atoms. The second-order valence-electron chi connectivity index (χ2n) is 5.46. The Labute approximate surface area is 109 Å². The summed E-state index contributed by atoms with van der Waals surface area (Å²) >= 11 is 0. The second kappa shape index (κ2) is 7.20. The molecule has 0 heterocycles. The van der Waals surface area contributed by atoms with Crippen LogP contribution in [0.15, 0.2) is 0 Å². The molecule has 6 heteroatoms. The van der Waals surface area contributed by atoms with E-state index in [0.29, 0.717) is 6.54 Å². The molecule has 0 unspecified atom stereocenters. The number of amides is 2. The Morgan fingerprint density at radius 2 is 1.72 bits per heavy atom. The van der Waals surface area contributed by atoms with Crippen LogP contribution in [0.1, 0.15) is 26.7 Å². The maximum Gasteiger partial charge on any atom is 0.317 e. The van der Waals surface area contributed by atoms with Gasteiger partial charge in [0.25, 0.3) is 0 Å². The van der Waals surface area contributed by atoms with Gasteiger partial charge in [-0.15, -0.1) is 0 Å². The fourth-order valence-corrected chi connectivity index (χ4v) is 1.53. The summed E-state index contributed by atoms with van der Waals surface area (Å²) in [7, 11) is 5.67. The fraction of sp³-hybridized carbons (Fsp3) is 0.833. The van der Waals surface area contributed by atoms with Crippen LogP contribution in [-0.2, 0) is 4.79 Å². The van der Waals surface area contributed by atoms with Gasteiger partial charge in [0.1, 0.15) is 0 Å². The van der Waals surface area contributed by atoms with Crippen LogP contribution in [0.25, 0.3) is 0 Å². The first kappa shape index (κ1) is 16.7. The molecular formula is C12H25N3O3. The van der Waals surface area contributed by atoms with Gasteiger partial charge < -0.3 is 20.2 Å². The predicted molar refractivity (Wildman–Crippen MR) is 70.7 cm³/mol. The van der Waals surface area contributed by atoms with E-state index in [1.165, 1.54) is 0 Å². The van der Waals surface area contributed by atoms with Crippen LogP contribution < -0.4 is 5.32 Å². The van der Waals surface area contributed by atoms with E-state index in [0.717, 1.165) is 13.0 Å². The van der Waals surface area contributed by atoms with Gasteiger partial charge in [0.2, 0.25) is 0 Å². The number of hydrogen-bond donors (Lipinski definition) is 2. The Bertz CT molecular complexity index is 290. The Hall–Kier alpha value is -1.30. The maximum atomic E-state index is 11.8. The number of carbonyl (C=O) groups excluding carboxylic acids is 1. The average molecular weight is 259 g/mol. The molecule has 0 saturated carbocycles. The van der Waals surface area contributed by atoms with Crippen molar-refractivity contribution in [2.24, 2.45) is 0 Å². The first-order valence-corrected chi connectivity index (χ1v) is 6.04. The predicted octanol–water partition coefficient (Wildman–Crippen LogP) is 0.833. The van der Waals surface area contributed by atoms with Crippen LogP contribution in [0, 0.1) is 0 Å². The van der Waals surface area contributed by atoms with Crippen molar-refractivity contribution in [2.75, 3.05) is 34.2 Å². The van der Waals surface area contributed by atoms with E-state index < -0.39 is 11.5 Å². The zero-order chi connectivity index (χ0) is 14.3. The highest BCUT2D eigenvalue weighted by molar-refractivity contribution is 5.76. The van der Waals surface area contributed by atoms with E-state index in [2.05, 4.69) is 10.2 Å². The molecule has 0 aromatic rings. The minimum absolute atomic E-state index is 0.0930. The Kier molecular flexibility index (Phi) is 6.68. The SMILES string of the molecule is CN(C)CCCN(C)C(=O)NC(C)(C)CC(=O)O. The number of nitrogens with zero attached hydrogens (tertiary/aromatic N) is 2. The molecule has 0 aliphatic carbocycles. The molecule has 0 atom stereocenters. The largest absolute Gasteiger partial charge is 0.481 e. The van der Waals surface area contributed by atoms with Crippen LogP contribution >= 0.6 is 0 Å². The van der Waals surface area contributed by atoms with Gasteiger partial charge in [0.05, 0.1) is 6.42 Å². The lowest BCUT2D eigenvalue weighted by molar-refractivity contribution is -0.138. The molecule has 0 saturated heterocycles. The first-order chi connectivity index (χ1) is 8.14. The molecule has 0 radical (unpaired) electrons. The van der Waals surface area contributed by atoms with Crippen molar-refractivity contribution in [3.8, 4) is 0 Å². The van der Waals surface area contributed by atoms with Crippen LogP contribution in [0.5, 0.6) is 0 Å². The third kappa shape index (κ3) is 7.89. The van der Waals surface area contributed by atoms with Gasteiger partial charge in [-0.1, -0.05) is 0 Å². The third-order valence-electron chi connectivity index (χ3n) is 2.48. The molecule has 0 aromatic carbocycles. The molecule has 0 spiro atoms. The van der Waals surface area contributed by atoms with Crippen molar-refractivity contribution in [1.82, 2.24) is 15.1 Å². The minimum atomic E-state index is -0.921. The number of hydrogen-bond acceptors (Lipinski definition) is 3. The van der Waals surface area contributed by atoms with Crippen molar-refractivity contribution >= 4 is 12.0 Å². The van der Waals surface area contributed by atoms with Gasteiger partial charge in [-0.05, 0) is 40.9 Å². The molecule has 2 N–H and O–H groups in total. The summed E-state index contributed by atoms with van der Waals surface area (Å²) in [5.41, 5.74) is -0.737. The topological polar surface area (TPSA) is 72.9 Å². The quantitative estimate of drug-likeness (QED) is 0.710. The van der Waals surface area contributed by atoms with E-state index in [4.69, 9.17) is 5.11 Å². The highest BCUT2D eigenvalue weighted by Crippen LogP contribution is 2.08. The number of rotatable bonds is 7. The van der Waals surface area contributed by atoms with E-state index in [1.807, 2.05) is 14.1 Å². The lowest BCUT2D eigenvalue weighted by Gasteiger charge is -2.28. The first-order valence-electron chi connectivity index (χ1n) is 6.04. The third-order valence-corrected chi connectivity index (χ3v) is 2.48. The summed E-state index contributed by atoms with van der Waals surface area (Å²) in [6.07, 6.45) is 0.792. The van der Waals surface area contributed by atoms with Gasteiger partial charge in [0, 0.05) is 19.1 Å². The Morgan fingerprint density at radius 3 is 2.17 bits per heavy atom. The zero-order valence-electron chi connectivity index (χ0n) is 12.0. The molecule has 0 aliphatic rings. The van der Waals surface area contributed by atoms with Crippen LogP contribution in [0.4, 0.5) is 4.79 Å². The highest BCUT2D eigenvalue weighted by atomic mass is 16.4. The number of nitrogens with one attached hydrogen (secondary N) is 1. The van der Waals surface area contributed by atoms with E-state index >= 15 is 0 Å². The number of carbonyl (C=O) groups is 2. The zero-order valence-corrected chi connectivity index (χ0v) is 12.0. The van der Waals surface area contributed by atoms with E-state index in [9.17, 15) is 9.59 Å². The number of carboxylic acids is 1. The van der Waals surface area contributed by atoms with Crippen molar-refractivity contribution in [2.45, 2.75) is 32.2 Å². The van der Waals surface area contributed by atoms with Crippen molar-refractivity contribution in [3.05, 3.63) is 0 Å². The van der Waals surface area contributed by atoms with Crippen LogP contribution in [0.3, 0.4) is 0 Å². The summed E-state index contributed by atoms with van der Waals surface area (Å²) in [4.78, 5) is 26.1. The molecule has 0 aliphatic heterocycles. The molecular weight excluding hydrogens is 234 g/mol. The van der Waals surface area contributed by atoms with Gasteiger partial charge >= 0.3 is 12.0 Å². The molecule has 6 nitrogen and oxygen atoms in total.